The van der Waals surface area contributed by atoms with Crippen molar-refractivity contribution in [2.45, 2.75) is 37.6 Å². The van der Waals surface area contributed by atoms with Gasteiger partial charge in [0.05, 0.1) is 29.3 Å². The zero-order chi connectivity index (χ0) is 16.6. The number of hydrogen-bond donors (Lipinski definition) is 3. The molecule has 0 radical (unpaired) electrons. The van der Waals surface area contributed by atoms with Crippen LogP contribution in [-0.2, 0) is 0 Å². The van der Waals surface area contributed by atoms with Crippen molar-refractivity contribution in [2.24, 2.45) is 0 Å². The quantitative estimate of drug-likeness (QED) is 0.757. The third-order valence-electron chi connectivity index (χ3n) is 3.73. The Morgan fingerprint density at radius 1 is 1.22 bits per heavy atom. The molecule has 2 aromatic heterocycles. The van der Waals surface area contributed by atoms with Crippen LogP contribution in [0.15, 0.2) is 22.9 Å². The summed E-state index contributed by atoms with van der Waals surface area (Å²) < 4.78 is 10.8. The molecule has 124 valence electrons. The van der Waals surface area contributed by atoms with E-state index >= 15 is 0 Å². The summed E-state index contributed by atoms with van der Waals surface area (Å²) in [6.45, 7) is 3.67. The summed E-state index contributed by atoms with van der Waals surface area (Å²) >= 11 is 1.25. The summed E-state index contributed by atoms with van der Waals surface area (Å²) in [5.41, 5.74) is 1.68. The van der Waals surface area contributed by atoms with Gasteiger partial charge >= 0.3 is 0 Å². The molecule has 0 bridgehead atoms. The highest BCUT2D eigenvalue weighted by atomic mass is 32.2. The van der Waals surface area contributed by atoms with E-state index in [0.29, 0.717) is 17.3 Å². The van der Waals surface area contributed by atoms with E-state index in [9.17, 15) is 15.3 Å². The van der Waals surface area contributed by atoms with E-state index in [1.165, 1.54) is 11.8 Å². The van der Waals surface area contributed by atoms with Crippen LogP contribution in [0.1, 0.15) is 11.5 Å². The molecule has 0 spiro atoms. The van der Waals surface area contributed by atoms with Crippen molar-refractivity contribution < 1.29 is 24.6 Å². The van der Waals surface area contributed by atoms with Gasteiger partial charge in [-0.3, -0.25) is 4.98 Å². The Labute approximate surface area is 137 Å². The van der Waals surface area contributed by atoms with Gasteiger partial charge in [-0.1, -0.05) is 5.16 Å². The molecule has 1 aliphatic heterocycles. The largest absolute Gasteiger partial charge is 0.475 e. The molecule has 7 nitrogen and oxygen atoms in total. The van der Waals surface area contributed by atoms with Crippen LogP contribution in [0.2, 0.25) is 0 Å². The van der Waals surface area contributed by atoms with Gasteiger partial charge in [-0.25, -0.2) is 0 Å². The highest BCUT2D eigenvalue weighted by Gasteiger charge is 2.38. The van der Waals surface area contributed by atoms with E-state index in [-0.39, 0.29) is 0 Å². The number of rotatable bonds is 3. The van der Waals surface area contributed by atoms with Crippen LogP contribution >= 0.6 is 11.8 Å². The molecular weight excluding hydrogens is 320 g/mol. The topological polar surface area (TPSA) is 109 Å². The van der Waals surface area contributed by atoms with Crippen molar-refractivity contribution in [1.82, 2.24) is 10.1 Å². The lowest BCUT2D eigenvalue weighted by Crippen LogP contribution is -2.50. The average Bonchev–Trinajstić information content (AvgIpc) is 2.88. The molecule has 1 aliphatic rings. The molecule has 3 N–H and O–H groups in total. The summed E-state index contributed by atoms with van der Waals surface area (Å²) in [4.78, 5) is 4.34. The molecule has 0 aromatic carbocycles. The first-order valence-electron chi connectivity index (χ1n) is 7.19. The molecule has 3 heterocycles. The van der Waals surface area contributed by atoms with E-state index in [1.54, 1.807) is 18.3 Å². The number of pyridine rings is 1. The second-order valence-electron chi connectivity index (χ2n) is 5.45. The molecule has 8 heteroatoms. The lowest BCUT2D eigenvalue weighted by molar-refractivity contribution is -0.0786. The monoisotopic (exact) mass is 338 g/mol. The zero-order valence-electron chi connectivity index (χ0n) is 12.7. The molecule has 0 saturated carbocycles. The third kappa shape index (κ3) is 3.20. The molecular formula is C15H18N2O5S. The number of hydrogen-bond acceptors (Lipinski definition) is 8. The lowest BCUT2D eigenvalue weighted by atomic mass is 10.1. The molecule has 2 aromatic rings. The minimum Gasteiger partial charge on any atom is -0.475 e. The summed E-state index contributed by atoms with van der Waals surface area (Å²) in [6, 6.07) is 3.52. The molecule has 1 fully saturated rings. The van der Waals surface area contributed by atoms with Crippen molar-refractivity contribution in [3.8, 4) is 17.0 Å². The van der Waals surface area contributed by atoms with E-state index < -0.39 is 23.7 Å². The predicted molar refractivity (Wildman–Crippen MR) is 84.1 cm³/mol. The Hall–Kier alpha value is -1.61. The predicted octanol–water partition coefficient (Wildman–Crippen LogP) is 0.888. The maximum Gasteiger partial charge on any atom is 0.173 e. The van der Waals surface area contributed by atoms with Crippen LogP contribution in [-0.4, -0.2) is 55.0 Å². The van der Waals surface area contributed by atoms with Crippen molar-refractivity contribution in [3.05, 3.63) is 29.8 Å². The fourth-order valence-corrected chi connectivity index (χ4v) is 3.58. The average molecular weight is 338 g/mol. The summed E-state index contributed by atoms with van der Waals surface area (Å²) in [5.74, 6) is 1.47. The molecule has 23 heavy (non-hydrogen) atoms. The maximum absolute atomic E-state index is 9.95. The number of aromatic nitrogens is 2. The Morgan fingerprint density at radius 2 is 2.00 bits per heavy atom. The van der Waals surface area contributed by atoms with Gasteiger partial charge in [-0.2, -0.15) is 0 Å². The Kier molecular flexibility index (Phi) is 4.58. The molecule has 0 unspecified atom stereocenters. The first-order valence-corrected chi connectivity index (χ1v) is 8.24. The third-order valence-corrected chi connectivity index (χ3v) is 4.97. The maximum atomic E-state index is 9.95. The van der Waals surface area contributed by atoms with Crippen LogP contribution in [0.4, 0.5) is 0 Å². The van der Waals surface area contributed by atoms with Gasteiger partial charge in [-0.05, 0) is 26.0 Å². The number of aliphatic hydroxyl groups excluding tert-OH is 3. The summed E-state index contributed by atoms with van der Waals surface area (Å²) in [6.07, 6.45) is -1.78. The van der Waals surface area contributed by atoms with Gasteiger partial charge in [0, 0.05) is 5.75 Å². The second-order valence-corrected chi connectivity index (χ2v) is 6.58. The number of ether oxygens (including phenoxy) is 1. The Bertz CT molecular complexity index is 656. The molecule has 1 saturated heterocycles. The lowest BCUT2D eigenvalue weighted by Gasteiger charge is -2.34. The smallest absolute Gasteiger partial charge is 0.173 e. The van der Waals surface area contributed by atoms with Crippen LogP contribution in [0.25, 0.3) is 11.3 Å². The summed E-state index contributed by atoms with van der Waals surface area (Å²) in [7, 11) is 0. The minimum atomic E-state index is -1.21. The highest BCUT2D eigenvalue weighted by Crippen LogP contribution is 2.30. The van der Waals surface area contributed by atoms with Crippen LogP contribution in [0.5, 0.6) is 5.75 Å². The summed E-state index contributed by atoms with van der Waals surface area (Å²) in [5, 5.41) is 33.1. The van der Waals surface area contributed by atoms with Crippen LogP contribution in [0.3, 0.4) is 0 Å². The standard InChI is InChI=1S/C15H18N2O5S/c1-7-12(8(2)22-17-7)10-4-3-9(5-16-10)21-15-14(20)13(19)11(18)6-23-15/h3-5,11,13-15,18-20H,6H2,1-2H3/t11-,13+,14-,15-/m1/s1. The molecule has 3 rings (SSSR count). The second kappa shape index (κ2) is 6.48. The van der Waals surface area contributed by atoms with E-state index in [2.05, 4.69) is 10.1 Å². The van der Waals surface area contributed by atoms with Gasteiger partial charge in [0.25, 0.3) is 0 Å². The molecule has 0 aliphatic carbocycles. The van der Waals surface area contributed by atoms with Gasteiger partial charge in [0.1, 0.15) is 23.7 Å². The van der Waals surface area contributed by atoms with Crippen molar-refractivity contribution in [1.29, 1.82) is 0 Å². The van der Waals surface area contributed by atoms with Crippen molar-refractivity contribution in [2.75, 3.05) is 5.75 Å². The Morgan fingerprint density at radius 3 is 2.61 bits per heavy atom. The van der Waals surface area contributed by atoms with Crippen LogP contribution < -0.4 is 4.74 Å². The van der Waals surface area contributed by atoms with Crippen molar-refractivity contribution >= 4 is 11.8 Å². The SMILES string of the molecule is Cc1noc(C)c1-c1ccc(O[C@@H]2SC[C@@H](O)[C@H](O)[C@H]2O)cn1. The van der Waals surface area contributed by atoms with E-state index in [0.717, 1.165) is 17.0 Å². The zero-order valence-corrected chi connectivity index (χ0v) is 13.5. The molecule has 0 amide bonds. The van der Waals surface area contributed by atoms with Gasteiger partial charge in [0.2, 0.25) is 0 Å². The fraction of sp³-hybridized carbons (Fsp3) is 0.467. The first-order chi connectivity index (χ1) is 11.0. The van der Waals surface area contributed by atoms with Gasteiger partial charge < -0.3 is 24.6 Å². The normalized spacial score (nSPS) is 27.9. The van der Waals surface area contributed by atoms with Crippen molar-refractivity contribution in [3.63, 3.8) is 0 Å². The number of nitrogens with zero attached hydrogens (tertiary/aromatic N) is 2. The number of thioether (sulfide) groups is 1. The minimum absolute atomic E-state index is 0.299. The number of aliphatic hydroxyl groups is 3. The van der Waals surface area contributed by atoms with Gasteiger partial charge in [-0.15, -0.1) is 11.8 Å². The Balaban J connectivity index is 1.73. The highest BCUT2D eigenvalue weighted by molar-refractivity contribution is 7.99. The number of aryl methyl sites for hydroxylation is 2. The van der Waals surface area contributed by atoms with E-state index in [4.69, 9.17) is 9.26 Å². The fourth-order valence-electron chi connectivity index (χ4n) is 2.46. The first kappa shape index (κ1) is 16.3. The van der Waals surface area contributed by atoms with Crippen LogP contribution in [0, 0.1) is 13.8 Å². The van der Waals surface area contributed by atoms with E-state index in [1.807, 2.05) is 13.8 Å². The molecule has 4 atom stereocenters. The van der Waals surface area contributed by atoms with Gasteiger partial charge in [0.15, 0.2) is 5.44 Å².